The number of benzene rings is 2. The highest BCUT2D eigenvalue weighted by molar-refractivity contribution is 7.92. The number of nitrogens with zero attached hydrogens (tertiary/aromatic N) is 1. The van der Waals surface area contributed by atoms with Crippen LogP contribution in [0.5, 0.6) is 11.6 Å². The summed E-state index contributed by atoms with van der Waals surface area (Å²) in [5.41, 5.74) is 4.68. The van der Waals surface area contributed by atoms with Gasteiger partial charge in [-0.2, -0.15) is 0 Å². The number of para-hydroxylation sites is 2. The maximum atomic E-state index is 12.9. The molecule has 0 bridgehead atoms. The van der Waals surface area contributed by atoms with Gasteiger partial charge in [-0.25, -0.2) is 13.4 Å². The molecule has 0 aliphatic rings. The van der Waals surface area contributed by atoms with Gasteiger partial charge in [-0.1, -0.05) is 23.7 Å². The predicted molar refractivity (Wildman–Crippen MR) is 121 cm³/mol. The summed E-state index contributed by atoms with van der Waals surface area (Å²) in [4.78, 5) is 28.4. The van der Waals surface area contributed by atoms with Gasteiger partial charge in [-0.05, 0) is 42.5 Å². The van der Waals surface area contributed by atoms with Crippen molar-refractivity contribution in [3.8, 4) is 11.6 Å². The number of rotatable bonds is 7. The van der Waals surface area contributed by atoms with E-state index in [-0.39, 0.29) is 32.6 Å². The number of carbonyl (C=O) groups is 2. The Labute approximate surface area is 194 Å². The van der Waals surface area contributed by atoms with Gasteiger partial charge in [0.25, 0.3) is 21.8 Å². The number of amides is 2. The van der Waals surface area contributed by atoms with Crippen LogP contribution in [-0.2, 0) is 10.0 Å². The molecule has 3 rings (SSSR count). The number of hydrazine groups is 1. The van der Waals surface area contributed by atoms with Crippen LogP contribution in [0.25, 0.3) is 0 Å². The minimum atomic E-state index is -4.17. The third-order valence-electron chi connectivity index (χ3n) is 4.33. The summed E-state index contributed by atoms with van der Waals surface area (Å²) >= 11 is 6.09. The van der Waals surface area contributed by atoms with Gasteiger partial charge < -0.3 is 9.47 Å². The Hall–Kier alpha value is -3.83. The molecule has 172 valence electrons. The van der Waals surface area contributed by atoms with E-state index in [1.165, 1.54) is 50.7 Å². The predicted octanol–water partition coefficient (Wildman–Crippen LogP) is 2.63. The van der Waals surface area contributed by atoms with Crippen LogP contribution in [0.4, 0.5) is 5.69 Å². The van der Waals surface area contributed by atoms with E-state index in [0.29, 0.717) is 5.75 Å². The van der Waals surface area contributed by atoms with Crippen LogP contribution in [0, 0.1) is 0 Å². The van der Waals surface area contributed by atoms with Gasteiger partial charge in [-0.15, -0.1) is 0 Å². The van der Waals surface area contributed by atoms with E-state index in [9.17, 15) is 18.0 Å². The quantitative estimate of drug-likeness (QED) is 0.433. The highest BCUT2D eigenvalue weighted by Gasteiger charge is 2.22. The molecule has 1 heterocycles. The van der Waals surface area contributed by atoms with E-state index in [1.54, 1.807) is 18.2 Å². The van der Waals surface area contributed by atoms with Crippen molar-refractivity contribution in [3.05, 3.63) is 76.9 Å². The molecule has 3 N–H and O–H groups in total. The van der Waals surface area contributed by atoms with Crippen molar-refractivity contribution in [1.29, 1.82) is 0 Å². The lowest BCUT2D eigenvalue weighted by molar-refractivity contribution is 0.0844. The Balaban J connectivity index is 1.79. The summed E-state index contributed by atoms with van der Waals surface area (Å²) < 4.78 is 38.4. The van der Waals surface area contributed by atoms with Gasteiger partial charge in [0.15, 0.2) is 0 Å². The van der Waals surface area contributed by atoms with Crippen molar-refractivity contribution in [3.63, 3.8) is 0 Å². The molecule has 33 heavy (non-hydrogen) atoms. The molecule has 1 aromatic heterocycles. The first-order valence-electron chi connectivity index (χ1n) is 9.32. The van der Waals surface area contributed by atoms with E-state index in [0.717, 1.165) is 6.07 Å². The average Bonchev–Trinajstić information content (AvgIpc) is 2.82. The van der Waals surface area contributed by atoms with Crippen LogP contribution in [-0.4, -0.2) is 39.4 Å². The molecule has 0 fully saturated rings. The molecular weight excluding hydrogens is 472 g/mol. The third-order valence-corrected chi connectivity index (χ3v) is 6.18. The molecule has 0 unspecified atom stereocenters. The lowest BCUT2D eigenvalue weighted by atomic mass is 10.2. The minimum absolute atomic E-state index is 0.0572. The third kappa shape index (κ3) is 5.51. The zero-order chi connectivity index (χ0) is 24.0. The highest BCUT2D eigenvalue weighted by atomic mass is 35.5. The number of sulfonamides is 1. The molecule has 2 aromatic carbocycles. The number of ether oxygens (including phenoxy) is 2. The summed E-state index contributed by atoms with van der Waals surface area (Å²) in [5, 5.41) is -0.0990. The van der Waals surface area contributed by atoms with Crippen LogP contribution in [0.15, 0.2) is 65.7 Å². The summed E-state index contributed by atoms with van der Waals surface area (Å²) in [6.07, 6.45) is 1.45. The molecule has 0 saturated carbocycles. The summed E-state index contributed by atoms with van der Waals surface area (Å²) in [6, 6.07) is 13.1. The average molecular weight is 491 g/mol. The lowest BCUT2D eigenvalue weighted by Gasteiger charge is -2.14. The minimum Gasteiger partial charge on any atom is -0.495 e. The van der Waals surface area contributed by atoms with Crippen LogP contribution < -0.4 is 25.0 Å². The number of aromatic nitrogens is 1. The zero-order valence-electron chi connectivity index (χ0n) is 17.5. The topological polar surface area (TPSA) is 136 Å². The number of halogens is 1. The Bertz CT molecular complexity index is 1300. The number of hydrogen-bond donors (Lipinski definition) is 3. The fourth-order valence-corrected chi connectivity index (χ4v) is 4.36. The van der Waals surface area contributed by atoms with Crippen molar-refractivity contribution in [1.82, 2.24) is 15.8 Å². The number of carbonyl (C=O) groups excluding carboxylic acids is 2. The van der Waals surface area contributed by atoms with Crippen LogP contribution >= 0.6 is 11.6 Å². The maximum Gasteiger partial charge on any atom is 0.275 e. The highest BCUT2D eigenvalue weighted by Crippen LogP contribution is 2.29. The standard InChI is InChI=1S/C21H19ClN4O6S/c1-31-17-8-4-3-7-16(17)26-33(29,30)18-12-13(9-10-15(18)22)19(27)24-25-20(28)14-6-5-11-23-21(14)32-2/h3-12,26H,1-2H3,(H,24,27)(H,25,28). The first kappa shape index (κ1) is 23.8. The number of pyridine rings is 1. The van der Waals surface area contributed by atoms with Gasteiger partial charge in [0.1, 0.15) is 16.2 Å². The lowest BCUT2D eigenvalue weighted by Crippen LogP contribution is -2.41. The van der Waals surface area contributed by atoms with Crippen molar-refractivity contribution < 1.29 is 27.5 Å². The van der Waals surface area contributed by atoms with Gasteiger partial charge in [-0.3, -0.25) is 25.2 Å². The van der Waals surface area contributed by atoms with Crippen molar-refractivity contribution in [2.24, 2.45) is 0 Å². The molecule has 2 amide bonds. The molecule has 0 spiro atoms. The Morgan fingerprint density at radius 3 is 2.39 bits per heavy atom. The molecule has 10 nitrogen and oxygen atoms in total. The van der Waals surface area contributed by atoms with E-state index in [1.807, 2.05) is 0 Å². The summed E-state index contributed by atoms with van der Waals surface area (Å²) in [5.74, 6) is -1.06. The summed E-state index contributed by atoms with van der Waals surface area (Å²) in [7, 11) is -1.41. The van der Waals surface area contributed by atoms with Crippen LogP contribution in [0.2, 0.25) is 5.02 Å². The largest absolute Gasteiger partial charge is 0.495 e. The van der Waals surface area contributed by atoms with Crippen LogP contribution in [0.3, 0.4) is 0 Å². The summed E-state index contributed by atoms with van der Waals surface area (Å²) in [6.45, 7) is 0. The fourth-order valence-electron chi connectivity index (χ4n) is 2.76. The smallest absolute Gasteiger partial charge is 0.275 e. The first-order chi connectivity index (χ1) is 15.8. The normalized spacial score (nSPS) is 10.8. The SMILES string of the molecule is COc1ccccc1NS(=O)(=O)c1cc(C(=O)NNC(=O)c2cccnc2OC)ccc1Cl. The number of hydrogen-bond acceptors (Lipinski definition) is 7. The zero-order valence-corrected chi connectivity index (χ0v) is 19.0. The molecule has 0 atom stereocenters. The van der Waals surface area contributed by atoms with Gasteiger partial charge in [0.05, 0.1) is 24.9 Å². The second-order valence-corrected chi connectivity index (χ2v) is 8.48. The number of methoxy groups -OCH3 is 2. The maximum absolute atomic E-state index is 12.9. The molecule has 0 saturated heterocycles. The molecule has 0 aliphatic heterocycles. The fraction of sp³-hybridized carbons (Fsp3) is 0.0952. The number of anilines is 1. The van der Waals surface area contributed by atoms with Crippen molar-refractivity contribution in [2.45, 2.75) is 4.90 Å². The second-order valence-electron chi connectivity index (χ2n) is 6.42. The monoisotopic (exact) mass is 490 g/mol. The molecule has 0 aliphatic carbocycles. The van der Waals surface area contributed by atoms with E-state index < -0.39 is 21.8 Å². The van der Waals surface area contributed by atoms with E-state index in [4.69, 9.17) is 21.1 Å². The molecule has 12 heteroatoms. The first-order valence-corrected chi connectivity index (χ1v) is 11.2. The van der Waals surface area contributed by atoms with E-state index >= 15 is 0 Å². The number of nitrogens with one attached hydrogen (secondary N) is 3. The van der Waals surface area contributed by atoms with Crippen molar-refractivity contribution in [2.75, 3.05) is 18.9 Å². The van der Waals surface area contributed by atoms with Gasteiger partial charge in [0, 0.05) is 11.8 Å². The molecular formula is C21H19ClN4O6S. The van der Waals surface area contributed by atoms with Gasteiger partial charge >= 0.3 is 0 Å². The van der Waals surface area contributed by atoms with Crippen molar-refractivity contribution >= 4 is 39.1 Å². The Kier molecular flexibility index (Phi) is 7.36. The molecule has 0 radical (unpaired) electrons. The van der Waals surface area contributed by atoms with Crippen LogP contribution in [0.1, 0.15) is 20.7 Å². The Morgan fingerprint density at radius 2 is 1.67 bits per heavy atom. The van der Waals surface area contributed by atoms with Gasteiger partial charge in [0.2, 0.25) is 5.88 Å². The Morgan fingerprint density at radius 1 is 0.939 bits per heavy atom. The second kappa shape index (κ2) is 10.2. The van der Waals surface area contributed by atoms with E-state index in [2.05, 4.69) is 20.6 Å². The molecule has 3 aromatic rings.